The van der Waals surface area contributed by atoms with Gasteiger partial charge in [-0.15, -0.1) is 0 Å². The van der Waals surface area contributed by atoms with E-state index in [0.29, 0.717) is 16.8 Å². The molecule has 2 aromatic carbocycles. The Morgan fingerprint density at radius 1 is 1.07 bits per heavy atom. The van der Waals surface area contributed by atoms with Crippen LogP contribution >= 0.6 is 0 Å². The lowest BCUT2D eigenvalue weighted by atomic mass is 10.1. The SMILES string of the molecule is O=C(O)c1cc2ccccc2n1Cc1ccccc1NCS(=O)(=O)CC(F)(F)F. The number of aromatic carboxylic acids is 1. The maximum absolute atomic E-state index is 12.4. The first-order chi connectivity index (χ1) is 13.6. The van der Waals surface area contributed by atoms with Gasteiger partial charge in [-0.2, -0.15) is 13.2 Å². The van der Waals surface area contributed by atoms with Crippen molar-refractivity contribution < 1.29 is 31.5 Å². The van der Waals surface area contributed by atoms with Gasteiger partial charge in [-0.25, -0.2) is 13.2 Å². The average molecular weight is 426 g/mol. The van der Waals surface area contributed by atoms with E-state index < -0.39 is 33.6 Å². The number of halogens is 3. The van der Waals surface area contributed by atoms with Crippen LogP contribution in [0.25, 0.3) is 10.9 Å². The minimum Gasteiger partial charge on any atom is -0.477 e. The maximum atomic E-state index is 12.4. The van der Waals surface area contributed by atoms with Crippen LogP contribution in [0.2, 0.25) is 0 Å². The van der Waals surface area contributed by atoms with E-state index in [2.05, 4.69) is 5.32 Å². The van der Waals surface area contributed by atoms with Gasteiger partial charge in [0.05, 0.1) is 6.54 Å². The first-order valence-electron chi connectivity index (χ1n) is 8.46. The number of alkyl halides is 3. The predicted molar refractivity (Wildman–Crippen MR) is 103 cm³/mol. The van der Waals surface area contributed by atoms with Crippen LogP contribution in [0.1, 0.15) is 16.1 Å². The summed E-state index contributed by atoms with van der Waals surface area (Å²) >= 11 is 0. The summed E-state index contributed by atoms with van der Waals surface area (Å²) in [4.78, 5) is 11.6. The van der Waals surface area contributed by atoms with Crippen molar-refractivity contribution in [3.63, 3.8) is 0 Å². The molecule has 0 unspecified atom stereocenters. The molecule has 3 rings (SSSR count). The zero-order chi connectivity index (χ0) is 21.2. The predicted octanol–water partition coefficient (Wildman–Crippen LogP) is 3.73. The van der Waals surface area contributed by atoms with Gasteiger partial charge in [-0.3, -0.25) is 0 Å². The number of carboxylic acids is 1. The smallest absolute Gasteiger partial charge is 0.402 e. The topological polar surface area (TPSA) is 88.4 Å². The number of aromatic nitrogens is 1. The summed E-state index contributed by atoms with van der Waals surface area (Å²) in [7, 11) is -4.41. The van der Waals surface area contributed by atoms with Crippen LogP contribution in [0.15, 0.2) is 54.6 Å². The molecule has 0 bridgehead atoms. The molecule has 0 saturated carbocycles. The summed E-state index contributed by atoms with van der Waals surface area (Å²) in [5.41, 5.74) is 1.57. The fourth-order valence-electron chi connectivity index (χ4n) is 3.05. The Balaban J connectivity index is 1.90. The van der Waals surface area contributed by atoms with Gasteiger partial charge >= 0.3 is 12.1 Å². The molecule has 1 aromatic heterocycles. The highest BCUT2D eigenvalue weighted by atomic mass is 32.2. The normalized spacial score (nSPS) is 12.2. The van der Waals surface area contributed by atoms with Gasteiger partial charge in [0.1, 0.15) is 17.3 Å². The average Bonchev–Trinajstić information content (AvgIpc) is 2.98. The number of rotatable bonds is 7. The van der Waals surface area contributed by atoms with Crippen molar-refractivity contribution in [3.05, 3.63) is 65.9 Å². The largest absolute Gasteiger partial charge is 0.477 e. The van der Waals surface area contributed by atoms with Crippen LogP contribution in [0.5, 0.6) is 0 Å². The van der Waals surface area contributed by atoms with Gasteiger partial charge in [0.2, 0.25) is 0 Å². The molecule has 1 heterocycles. The summed E-state index contributed by atoms with van der Waals surface area (Å²) in [6.45, 7) is 0.0949. The number of hydrogen-bond acceptors (Lipinski definition) is 4. The molecule has 0 aliphatic rings. The van der Waals surface area contributed by atoms with Crippen molar-refractivity contribution >= 4 is 32.4 Å². The van der Waals surface area contributed by atoms with E-state index >= 15 is 0 Å². The number of carboxylic acid groups (broad SMARTS) is 1. The highest BCUT2D eigenvalue weighted by Gasteiger charge is 2.34. The van der Waals surface area contributed by atoms with Crippen LogP contribution < -0.4 is 5.32 Å². The van der Waals surface area contributed by atoms with Crippen LogP contribution in [-0.4, -0.2) is 41.9 Å². The van der Waals surface area contributed by atoms with Gasteiger partial charge in [0.25, 0.3) is 0 Å². The summed E-state index contributed by atoms with van der Waals surface area (Å²) in [5.74, 6) is -3.93. The minimum atomic E-state index is -4.82. The Bertz CT molecular complexity index is 1150. The number of anilines is 1. The molecule has 0 spiro atoms. The third-order valence-electron chi connectivity index (χ3n) is 4.24. The van der Waals surface area contributed by atoms with Crippen LogP contribution in [0, 0.1) is 0 Å². The molecular formula is C19H17F3N2O4S. The second-order valence-corrected chi connectivity index (χ2v) is 8.53. The standard InChI is InChI=1S/C19H17F3N2O4S/c20-19(21,22)11-29(27,28)12-23-15-7-3-1-6-14(15)10-24-16-8-4-2-5-13(16)9-17(24)18(25)26/h1-9,23H,10-12H2,(H,25,26). The number of benzene rings is 2. The number of fused-ring (bicyclic) bond motifs is 1. The Hall–Kier alpha value is -3.01. The Kier molecular flexibility index (Phi) is 5.56. The van der Waals surface area contributed by atoms with Crippen molar-refractivity contribution in [2.45, 2.75) is 12.7 Å². The second kappa shape index (κ2) is 7.78. The monoisotopic (exact) mass is 426 g/mol. The zero-order valence-electron chi connectivity index (χ0n) is 15.0. The van der Waals surface area contributed by atoms with Gasteiger partial charge in [-0.1, -0.05) is 36.4 Å². The lowest BCUT2D eigenvalue weighted by Crippen LogP contribution is -2.28. The van der Waals surface area contributed by atoms with E-state index in [4.69, 9.17) is 0 Å². The molecule has 0 fully saturated rings. The van der Waals surface area contributed by atoms with E-state index in [0.717, 1.165) is 5.39 Å². The molecule has 0 saturated heterocycles. The van der Waals surface area contributed by atoms with Crippen LogP contribution in [-0.2, 0) is 16.4 Å². The Morgan fingerprint density at radius 3 is 2.41 bits per heavy atom. The van der Waals surface area contributed by atoms with E-state index in [-0.39, 0.29) is 12.2 Å². The van der Waals surface area contributed by atoms with Gasteiger partial charge < -0.3 is 15.0 Å². The fourth-order valence-corrected chi connectivity index (χ4v) is 4.02. The van der Waals surface area contributed by atoms with Crippen LogP contribution in [0.3, 0.4) is 0 Å². The number of nitrogens with zero attached hydrogens (tertiary/aromatic N) is 1. The van der Waals surface area contributed by atoms with E-state index in [1.54, 1.807) is 47.0 Å². The number of para-hydroxylation sites is 2. The molecule has 0 atom stereocenters. The lowest BCUT2D eigenvalue weighted by molar-refractivity contribution is -0.106. The number of sulfone groups is 1. The first kappa shape index (κ1) is 20.7. The molecule has 29 heavy (non-hydrogen) atoms. The van der Waals surface area contributed by atoms with Crippen molar-refractivity contribution in [1.29, 1.82) is 0 Å². The highest BCUT2D eigenvalue weighted by molar-refractivity contribution is 7.91. The van der Waals surface area contributed by atoms with Crippen molar-refractivity contribution in [2.75, 3.05) is 16.9 Å². The molecule has 6 nitrogen and oxygen atoms in total. The van der Waals surface area contributed by atoms with Crippen molar-refractivity contribution in [1.82, 2.24) is 4.57 Å². The highest BCUT2D eigenvalue weighted by Crippen LogP contribution is 2.25. The summed E-state index contributed by atoms with van der Waals surface area (Å²) in [5, 5.41) is 12.8. The second-order valence-electron chi connectivity index (χ2n) is 6.46. The molecule has 2 N–H and O–H groups in total. The summed E-state index contributed by atoms with van der Waals surface area (Å²) in [6, 6.07) is 15.1. The first-order valence-corrected chi connectivity index (χ1v) is 10.3. The molecule has 0 radical (unpaired) electrons. The van der Waals surface area contributed by atoms with Crippen molar-refractivity contribution in [2.24, 2.45) is 0 Å². The van der Waals surface area contributed by atoms with Gasteiger partial charge in [-0.05, 0) is 23.8 Å². The molecule has 0 aliphatic carbocycles. The quantitative estimate of drug-likeness (QED) is 0.601. The third-order valence-corrected chi connectivity index (χ3v) is 5.59. The summed E-state index contributed by atoms with van der Waals surface area (Å²) in [6.07, 6.45) is -4.82. The fraction of sp³-hybridized carbons (Fsp3) is 0.211. The maximum Gasteiger partial charge on any atom is 0.402 e. The van der Waals surface area contributed by atoms with E-state index in [9.17, 15) is 31.5 Å². The number of nitrogens with one attached hydrogen (secondary N) is 1. The number of hydrogen-bond donors (Lipinski definition) is 2. The van der Waals surface area contributed by atoms with E-state index in [1.807, 2.05) is 0 Å². The van der Waals surface area contributed by atoms with Crippen LogP contribution in [0.4, 0.5) is 18.9 Å². The molecule has 154 valence electrons. The molecule has 0 aliphatic heterocycles. The molecule has 10 heteroatoms. The molecular weight excluding hydrogens is 409 g/mol. The summed E-state index contributed by atoms with van der Waals surface area (Å²) < 4.78 is 62.2. The van der Waals surface area contributed by atoms with Crippen molar-refractivity contribution in [3.8, 4) is 0 Å². The van der Waals surface area contributed by atoms with E-state index in [1.165, 1.54) is 12.1 Å². The molecule has 0 amide bonds. The number of carbonyl (C=O) groups is 1. The lowest BCUT2D eigenvalue weighted by Gasteiger charge is -2.15. The van der Waals surface area contributed by atoms with Gasteiger partial charge in [0, 0.05) is 16.6 Å². The zero-order valence-corrected chi connectivity index (χ0v) is 15.8. The Morgan fingerprint density at radius 2 is 1.72 bits per heavy atom. The Labute approximate surface area is 164 Å². The minimum absolute atomic E-state index is 0.0469. The molecule has 3 aromatic rings. The third kappa shape index (κ3) is 5.08. The van der Waals surface area contributed by atoms with Gasteiger partial charge in [0.15, 0.2) is 9.84 Å².